The molecule has 0 saturated heterocycles. The number of methoxy groups -OCH3 is 2. The van der Waals surface area contributed by atoms with E-state index in [1.54, 1.807) is 46.0 Å². The van der Waals surface area contributed by atoms with Crippen molar-refractivity contribution in [1.82, 2.24) is 19.6 Å². The standard InChI is InChI=1S/2C25H24F4N2O2/c2*1-23-13-15-14-30-31(18-8-6-17(26)7-9-18)21(15)12-16(23)5-10-20-19(23)4-3-11-24(20,22(32)33-2)25(27,28)29/h2*4,6-9,12,14,20H,3,5,10-11,13H2,1-2H3/t20-,23+,24-;20-,23-,24+/m10/s1. The van der Waals surface area contributed by atoms with Crippen molar-refractivity contribution in [3.8, 4) is 11.4 Å². The van der Waals surface area contributed by atoms with E-state index in [2.05, 4.69) is 10.2 Å². The van der Waals surface area contributed by atoms with Gasteiger partial charge in [-0.15, -0.1) is 0 Å². The summed E-state index contributed by atoms with van der Waals surface area (Å²) in [7, 11) is 2.06. The van der Waals surface area contributed by atoms with Crippen molar-refractivity contribution in [1.29, 1.82) is 0 Å². The fourth-order valence-corrected chi connectivity index (χ4v) is 12.3. The summed E-state index contributed by atoms with van der Waals surface area (Å²) in [6.07, 6.45) is 3.96. The molecule has 6 aliphatic carbocycles. The number of rotatable bonds is 4. The Morgan fingerprint density at radius 2 is 0.985 bits per heavy atom. The van der Waals surface area contributed by atoms with E-state index in [0.717, 1.165) is 47.9 Å². The summed E-state index contributed by atoms with van der Waals surface area (Å²) in [6, 6.07) is 12.0. The first-order chi connectivity index (χ1) is 31.2. The summed E-state index contributed by atoms with van der Waals surface area (Å²) in [5.74, 6) is -4.97. The fraction of sp³-hybridized carbons (Fsp3) is 0.440. The van der Waals surface area contributed by atoms with Crippen LogP contribution in [-0.4, -0.2) is 58.1 Å². The fourth-order valence-electron chi connectivity index (χ4n) is 12.3. The SMILES string of the molecule is COC(=O)[C@@]1(C(F)(F)F)CCC=C2[C@@H]1CCC1=Cc3c(cnn3-c3ccc(F)cc3)C[C@@]12C.COC(=O)[C@@]1(C(F)(F)F)CCC=C2[C@H]1CCC1=Cc3c(cnn3-c3ccc(F)cc3)C[C@@]12C. The minimum atomic E-state index is -4.70. The third-order valence-electron chi connectivity index (χ3n) is 15.6. The highest BCUT2D eigenvalue weighted by Gasteiger charge is 2.70. The molecule has 0 amide bonds. The zero-order chi connectivity index (χ0) is 47.2. The van der Waals surface area contributed by atoms with Crippen molar-refractivity contribution in [3.63, 3.8) is 0 Å². The number of allylic oxidation sites excluding steroid dienone is 6. The number of hydrogen-bond donors (Lipinski definition) is 0. The van der Waals surface area contributed by atoms with Crippen LogP contribution in [0.15, 0.2) is 95.4 Å². The van der Waals surface area contributed by atoms with Gasteiger partial charge in [0.05, 0.1) is 49.4 Å². The van der Waals surface area contributed by atoms with Gasteiger partial charge >= 0.3 is 24.3 Å². The van der Waals surface area contributed by atoms with Crippen LogP contribution in [0.3, 0.4) is 0 Å². The molecular formula is C50H48F8N4O4. The molecule has 2 heterocycles. The van der Waals surface area contributed by atoms with Gasteiger partial charge in [0.15, 0.2) is 10.8 Å². The van der Waals surface area contributed by atoms with Gasteiger partial charge in [-0.25, -0.2) is 18.1 Å². The molecule has 0 aliphatic heterocycles. The van der Waals surface area contributed by atoms with Gasteiger partial charge in [0.1, 0.15) is 11.6 Å². The van der Waals surface area contributed by atoms with E-state index in [4.69, 9.17) is 9.47 Å². The van der Waals surface area contributed by atoms with Crippen LogP contribution in [0.1, 0.15) is 87.7 Å². The molecule has 0 spiro atoms. The van der Waals surface area contributed by atoms with Gasteiger partial charge in [-0.2, -0.15) is 36.5 Å². The van der Waals surface area contributed by atoms with E-state index < -0.39 is 57.8 Å². The molecule has 16 heteroatoms. The van der Waals surface area contributed by atoms with E-state index >= 15 is 0 Å². The van der Waals surface area contributed by atoms with Crippen molar-refractivity contribution in [3.05, 3.63) is 130 Å². The lowest BCUT2D eigenvalue weighted by Gasteiger charge is -2.53. The first kappa shape index (κ1) is 45.4. The molecule has 0 radical (unpaired) electrons. The minimum absolute atomic E-state index is 0.172. The zero-order valence-electron chi connectivity index (χ0n) is 36.8. The van der Waals surface area contributed by atoms with Crippen molar-refractivity contribution in [2.24, 2.45) is 33.5 Å². The molecule has 6 aliphatic rings. The average molecular weight is 921 g/mol. The van der Waals surface area contributed by atoms with Gasteiger partial charge in [0.25, 0.3) is 0 Å². The molecule has 2 aromatic heterocycles. The third kappa shape index (κ3) is 6.73. The summed E-state index contributed by atoms with van der Waals surface area (Å²) in [5, 5.41) is 8.95. The first-order valence-electron chi connectivity index (χ1n) is 22.0. The second-order valence-electron chi connectivity index (χ2n) is 18.7. The number of carbonyl (C=O) groups is 2. The van der Waals surface area contributed by atoms with Crippen LogP contribution in [-0.2, 0) is 31.9 Å². The van der Waals surface area contributed by atoms with Gasteiger partial charge in [0, 0.05) is 22.7 Å². The largest absolute Gasteiger partial charge is 0.468 e. The zero-order valence-corrected chi connectivity index (χ0v) is 36.8. The monoisotopic (exact) mass is 920 g/mol. The van der Waals surface area contributed by atoms with Gasteiger partial charge in [-0.1, -0.05) is 48.3 Å². The number of fused-ring (bicyclic) bond motifs is 8. The highest BCUT2D eigenvalue weighted by Crippen LogP contribution is 2.65. The van der Waals surface area contributed by atoms with E-state index in [1.165, 1.54) is 24.3 Å². The lowest BCUT2D eigenvalue weighted by Crippen LogP contribution is -2.56. The summed E-state index contributed by atoms with van der Waals surface area (Å²) in [6.45, 7) is 3.94. The van der Waals surface area contributed by atoms with Crippen molar-refractivity contribution in [2.75, 3.05) is 14.2 Å². The number of halogens is 8. The number of carbonyl (C=O) groups excluding carboxylic acids is 2. The second kappa shape index (κ2) is 15.9. The molecule has 0 N–H and O–H groups in total. The molecule has 4 aromatic rings. The normalized spacial score (nSPS) is 28.7. The predicted molar refractivity (Wildman–Crippen MR) is 228 cm³/mol. The molecule has 6 atom stereocenters. The molecule has 66 heavy (non-hydrogen) atoms. The van der Waals surface area contributed by atoms with Gasteiger partial charge in [-0.3, -0.25) is 9.59 Å². The Morgan fingerprint density at radius 3 is 1.32 bits per heavy atom. The van der Waals surface area contributed by atoms with Crippen LogP contribution in [0.2, 0.25) is 0 Å². The molecule has 2 saturated carbocycles. The lowest BCUT2D eigenvalue weighted by molar-refractivity contribution is -0.251. The van der Waals surface area contributed by atoms with Crippen LogP contribution in [0.5, 0.6) is 0 Å². The minimum Gasteiger partial charge on any atom is -0.468 e. The Hall–Kier alpha value is -5.80. The van der Waals surface area contributed by atoms with E-state index in [9.17, 15) is 44.7 Å². The van der Waals surface area contributed by atoms with Gasteiger partial charge < -0.3 is 9.47 Å². The molecule has 2 aromatic carbocycles. The van der Waals surface area contributed by atoms with Crippen molar-refractivity contribution < 1.29 is 54.2 Å². The molecule has 0 unspecified atom stereocenters. The number of esters is 2. The smallest absolute Gasteiger partial charge is 0.405 e. The number of aromatic nitrogens is 4. The average Bonchev–Trinajstić information content (AvgIpc) is 3.89. The number of alkyl halides is 6. The molecule has 8 nitrogen and oxygen atoms in total. The van der Waals surface area contributed by atoms with E-state index in [0.29, 0.717) is 48.2 Å². The summed E-state index contributed by atoms with van der Waals surface area (Å²) in [4.78, 5) is 25.2. The maximum atomic E-state index is 14.4. The highest BCUT2D eigenvalue weighted by atomic mass is 19.4. The molecule has 0 bridgehead atoms. The van der Waals surface area contributed by atoms with Crippen LogP contribution < -0.4 is 0 Å². The van der Waals surface area contributed by atoms with Crippen molar-refractivity contribution in [2.45, 2.75) is 90.4 Å². The summed E-state index contributed by atoms with van der Waals surface area (Å²) >= 11 is 0. The topological polar surface area (TPSA) is 88.2 Å². The van der Waals surface area contributed by atoms with E-state index in [-0.39, 0.29) is 50.2 Å². The maximum absolute atomic E-state index is 14.4. The maximum Gasteiger partial charge on any atom is 0.405 e. The molecule has 10 rings (SSSR count). The Morgan fingerprint density at radius 1 is 0.621 bits per heavy atom. The van der Waals surface area contributed by atoms with Crippen LogP contribution in [0.4, 0.5) is 35.1 Å². The molecular weight excluding hydrogens is 873 g/mol. The number of nitrogens with zero attached hydrogens (tertiary/aromatic N) is 4. The van der Waals surface area contributed by atoms with Crippen LogP contribution in [0, 0.1) is 45.1 Å². The second-order valence-corrected chi connectivity index (χ2v) is 18.7. The number of hydrogen-bond acceptors (Lipinski definition) is 6. The lowest BCUT2D eigenvalue weighted by atomic mass is 9.51. The van der Waals surface area contributed by atoms with Gasteiger partial charge in [0.2, 0.25) is 0 Å². The Kier molecular flexibility index (Phi) is 10.9. The van der Waals surface area contributed by atoms with Crippen LogP contribution in [0.25, 0.3) is 23.5 Å². The first-order valence-corrected chi connectivity index (χ1v) is 22.0. The summed E-state index contributed by atoms with van der Waals surface area (Å²) < 4.78 is 126. The summed E-state index contributed by atoms with van der Waals surface area (Å²) in [5.41, 5.74) is 2.10. The van der Waals surface area contributed by atoms with Crippen LogP contribution >= 0.6 is 0 Å². The quantitative estimate of drug-likeness (QED) is 0.115. The Labute approximate surface area is 376 Å². The third-order valence-corrected chi connectivity index (χ3v) is 15.6. The van der Waals surface area contributed by atoms with Gasteiger partial charge in [-0.05, 0) is 136 Å². The molecule has 2 fully saturated rings. The Balaban J connectivity index is 0.000000166. The van der Waals surface area contributed by atoms with Crippen molar-refractivity contribution >= 4 is 24.1 Å². The highest BCUT2D eigenvalue weighted by molar-refractivity contribution is 5.81. The predicted octanol–water partition coefficient (Wildman–Crippen LogP) is 11.6. The van der Waals surface area contributed by atoms with E-state index in [1.807, 2.05) is 38.2 Å². The Bertz CT molecular complexity index is 2540. The molecule has 348 valence electrons. The number of benzene rings is 2. The number of ether oxygens (including phenoxy) is 2.